The summed E-state index contributed by atoms with van der Waals surface area (Å²) in [5.41, 5.74) is 2.51. The molecule has 1 amide bonds. The van der Waals surface area contributed by atoms with Crippen molar-refractivity contribution in [1.29, 1.82) is 0 Å². The Labute approximate surface area is 144 Å². The number of hydrogen-bond donors (Lipinski definition) is 1. The van der Waals surface area contributed by atoms with Gasteiger partial charge in [0, 0.05) is 37.1 Å². The van der Waals surface area contributed by atoms with E-state index in [1.54, 1.807) is 0 Å². The lowest BCUT2D eigenvalue weighted by atomic mass is 10.0. The van der Waals surface area contributed by atoms with Crippen molar-refractivity contribution in [2.24, 2.45) is 13.0 Å². The molecular formula is C20H29N3O. The van der Waals surface area contributed by atoms with E-state index in [9.17, 15) is 4.79 Å². The van der Waals surface area contributed by atoms with Crippen molar-refractivity contribution in [1.82, 2.24) is 14.8 Å². The number of aryl methyl sites for hydroxylation is 1. The van der Waals surface area contributed by atoms with Gasteiger partial charge in [-0.3, -0.25) is 4.79 Å². The summed E-state index contributed by atoms with van der Waals surface area (Å²) >= 11 is 0. The molecule has 3 rings (SSSR count). The van der Waals surface area contributed by atoms with Crippen molar-refractivity contribution in [3.8, 4) is 0 Å². The summed E-state index contributed by atoms with van der Waals surface area (Å²) in [6.07, 6.45) is 7.89. The molecule has 1 N–H and O–H groups in total. The number of amides is 1. The number of nitrogens with zero attached hydrogens (tertiary/aromatic N) is 2. The highest BCUT2D eigenvalue weighted by atomic mass is 16.1. The van der Waals surface area contributed by atoms with E-state index >= 15 is 0 Å². The lowest BCUT2D eigenvalue weighted by molar-refractivity contribution is -0.122. The molecule has 4 nitrogen and oxygen atoms in total. The molecule has 2 aromatic rings. The fourth-order valence-corrected chi connectivity index (χ4v) is 3.97. The maximum atomic E-state index is 12.3. The molecule has 1 saturated carbocycles. The van der Waals surface area contributed by atoms with Gasteiger partial charge in [-0.2, -0.15) is 0 Å². The van der Waals surface area contributed by atoms with Gasteiger partial charge in [0.1, 0.15) is 0 Å². The van der Waals surface area contributed by atoms with Crippen LogP contribution in [0.5, 0.6) is 0 Å². The van der Waals surface area contributed by atoms with Gasteiger partial charge in [0.05, 0.1) is 6.04 Å². The lowest BCUT2D eigenvalue weighted by Gasteiger charge is -2.25. The molecule has 1 heterocycles. The zero-order chi connectivity index (χ0) is 17.1. The van der Waals surface area contributed by atoms with Crippen LogP contribution >= 0.6 is 0 Å². The third kappa shape index (κ3) is 3.64. The Balaban J connectivity index is 1.71. The van der Waals surface area contributed by atoms with E-state index in [-0.39, 0.29) is 11.9 Å². The highest BCUT2D eigenvalue weighted by molar-refractivity contribution is 5.84. The lowest BCUT2D eigenvalue weighted by Crippen LogP contribution is -2.35. The molecular weight excluding hydrogens is 298 g/mol. The fourth-order valence-electron chi connectivity index (χ4n) is 3.97. The topological polar surface area (TPSA) is 37.3 Å². The van der Waals surface area contributed by atoms with Crippen LogP contribution in [0.3, 0.4) is 0 Å². The number of fused-ring (bicyclic) bond motifs is 1. The number of likely N-dealkylation sites (N-methyl/N-ethyl adjacent to an activating group) is 1. The van der Waals surface area contributed by atoms with Crippen molar-refractivity contribution in [2.45, 2.75) is 38.1 Å². The van der Waals surface area contributed by atoms with Crippen LogP contribution in [0.15, 0.2) is 30.5 Å². The Kier molecular flexibility index (Phi) is 5.24. The van der Waals surface area contributed by atoms with Gasteiger partial charge in [0.25, 0.3) is 0 Å². The molecule has 1 aliphatic rings. The first kappa shape index (κ1) is 17.0. The molecule has 0 aliphatic heterocycles. The normalized spacial score (nSPS) is 16.8. The number of benzene rings is 1. The maximum Gasteiger partial charge on any atom is 0.220 e. The number of hydrogen-bond acceptors (Lipinski definition) is 2. The second-order valence-corrected chi connectivity index (χ2v) is 7.35. The van der Waals surface area contributed by atoms with Gasteiger partial charge in [0.15, 0.2) is 0 Å². The average Bonchev–Trinajstić information content (AvgIpc) is 3.17. The van der Waals surface area contributed by atoms with Gasteiger partial charge >= 0.3 is 0 Å². The highest BCUT2D eigenvalue weighted by Gasteiger charge is 2.22. The van der Waals surface area contributed by atoms with Crippen molar-refractivity contribution in [2.75, 3.05) is 20.6 Å². The predicted molar refractivity (Wildman–Crippen MR) is 98.9 cm³/mol. The maximum absolute atomic E-state index is 12.3. The largest absolute Gasteiger partial charge is 0.354 e. The van der Waals surface area contributed by atoms with Crippen LogP contribution in [0, 0.1) is 5.92 Å². The first-order chi connectivity index (χ1) is 11.6. The Morgan fingerprint density at radius 3 is 2.71 bits per heavy atom. The average molecular weight is 327 g/mol. The quantitative estimate of drug-likeness (QED) is 0.882. The number of nitrogens with one attached hydrogen (secondary N) is 1. The number of carbonyl (C=O) groups is 1. The molecule has 0 saturated heterocycles. The molecule has 24 heavy (non-hydrogen) atoms. The van der Waals surface area contributed by atoms with Gasteiger partial charge in [-0.25, -0.2) is 0 Å². The van der Waals surface area contributed by atoms with Crippen LogP contribution in [-0.4, -0.2) is 36.0 Å². The SMILES string of the molecule is CN(C)C(CNC(=O)CC1CCCC1)c1cn(C)c2ccccc12. The molecule has 0 bridgehead atoms. The van der Waals surface area contributed by atoms with Gasteiger partial charge < -0.3 is 14.8 Å². The van der Waals surface area contributed by atoms with Crippen molar-refractivity contribution in [3.63, 3.8) is 0 Å². The first-order valence-electron chi connectivity index (χ1n) is 9.03. The van der Waals surface area contributed by atoms with Gasteiger partial charge in [-0.1, -0.05) is 31.0 Å². The van der Waals surface area contributed by atoms with Crippen LogP contribution in [0.1, 0.15) is 43.7 Å². The molecule has 0 spiro atoms. The van der Waals surface area contributed by atoms with Crippen molar-refractivity contribution in [3.05, 3.63) is 36.0 Å². The zero-order valence-corrected chi connectivity index (χ0v) is 15.1. The third-order valence-corrected chi connectivity index (χ3v) is 5.35. The Morgan fingerprint density at radius 1 is 1.29 bits per heavy atom. The van der Waals surface area contributed by atoms with E-state index in [1.807, 2.05) is 0 Å². The molecule has 130 valence electrons. The van der Waals surface area contributed by atoms with E-state index in [0.717, 1.165) is 0 Å². The number of para-hydroxylation sites is 1. The number of aromatic nitrogens is 1. The predicted octanol–water partition coefficient (Wildman–Crippen LogP) is 3.48. The Morgan fingerprint density at radius 2 is 2.00 bits per heavy atom. The molecule has 0 radical (unpaired) electrons. The van der Waals surface area contributed by atoms with Gasteiger partial charge in [-0.05, 0) is 44.5 Å². The van der Waals surface area contributed by atoms with Crippen LogP contribution in [0.25, 0.3) is 10.9 Å². The van der Waals surface area contributed by atoms with Gasteiger partial charge in [0.2, 0.25) is 5.91 Å². The Hall–Kier alpha value is -1.81. The van der Waals surface area contributed by atoms with E-state index in [1.165, 1.54) is 42.1 Å². The van der Waals surface area contributed by atoms with E-state index in [0.29, 0.717) is 18.9 Å². The molecule has 1 aromatic heterocycles. The van der Waals surface area contributed by atoms with E-state index in [2.05, 4.69) is 66.4 Å². The van der Waals surface area contributed by atoms with E-state index < -0.39 is 0 Å². The van der Waals surface area contributed by atoms with Crippen LogP contribution < -0.4 is 5.32 Å². The summed E-state index contributed by atoms with van der Waals surface area (Å²) < 4.78 is 2.17. The highest BCUT2D eigenvalue weighted by Crippen LogP contribution is 2.29. The summed E-state index contributed by atoms with van der Waals surface area (Å²) in [4.78, 5) is 14.5. The molecule has 1 aromatic carbocycles. The third-order valence-electron chi connectivity index (χ3n) is 5.35. The summed E-state index contributed by atoms with van der Waals surface area (Å²) in [7, 11) is 6.24. The molecule has 1 aliphatic carbocycles. The van der Waals surface area contributed by atoms with Crippen LogP contribution in [0.2, 0.25) is 0 Å². The summed E-state index contributed by atoms with van der Waals surface area (Å²) in [5, 5.41) is 4.44. The minimum Gasteiger partial charge on any atom is -0.354 e. The van der Waals surface area contributed by atoms with Crippen molar-refractivity contribution >= 4 is 16.8 Å². The second-order valence-electron chi connectivity index (χ2n) is 7.35. The first-order valence-corrected chi connectivity index (χ1v) is 9.03. The summed E-state index contributed by atoms with van der Waals surface area (Å²) in [6.45, 7) is 0.659. The van der Waals surface area contributed by atoms with Crippen molar-refractivity contribution < 1.29 is 4.79 Å². The van der Waals surface area contributed by atoms with E-state index in [4.69, 9.17) is 0 Å². The van der Waals surface area contributed by atoms with Crippen LogP contribution in [0.4, 0.5) is 0 Å². The standard InChI is InChI=1S/C20H29N3O/c1-22(2)19(13-21-20(24)12-15-8-4-5-9-15)17-14-23(3)18-11-7-6-10-16(17)18/h6-7,10-11,14-15,19H,4-5,8-9,12-13H2,1-3H3,(H,21,24). The minimum absolute atomic E-state index is 0.184. The van der Waals surface area contributed by atoms with Crippen LogP contribution in [-0.2, 0) is 11.8 Å². The minimum atomic E-state index is 0.184. The summed E-state index contributed by atoms with van der Waals surface area (Å²) in [6, 6.07) is 8.65. The fraction of sp³-hybridized carbons (Fsp3) is 0.550. The number of carbonyl (C=O) groups excluding carboxylic acids is 1. The number of rotatable bonds is 6. The molecule has 4 heteroatoms. The second kappa shape index (κ2) is 7.39. The molecule has 1 unspecified atom stereocenters. The summed E-state index contributed by atoms with van der Waals surface area (Å²) in [5.74, 6) is 0.800. The molecule has 1 fully saturated rings. The van der Waals surface area contributed by atoms with Gasteiger partial charge in [-0.15, -0.1) is 0 Å². The monoisotopic (exact) mass is 327 g/mol. The molecule has 1 atom stereocenters. The smallest absolute Gasteiger partial charge is 0.220 e. The Bertz CT molecular complexity index is 698. The zero-order valence-electron chi connectivity index (χ0n) is 15.1.